The van der Waals surface area contributed by atoms with Crippen LogP contribution in [0.4, 0.5) is 19.0 Å². The molecular formula is C27H34F3N3O. The van der Waals surface area contributed by atoms with E-state index in [-0.39, 0.29) is 11.7 Å². The van der Waals surface area contributed by atoms with E-state index in [4.69, 9.17) is 10.5 Å². The second-order valence-corrected chi connectivity index (χ2v) is 9.77. The van der Waals surface area contributed by atoms with Crippen LogP contribution in [0.1, 0.15) is 89.3 Å². The Labute approximate surface area is 199 Å². The van der Waals surface area contributed by atoms with Crippen molar-refractivity contribution in [1.29, 1.82) is 0 Å². The molecule has 2 N–H and O–H groups in total. The van der Waals surface area contributed by atoms with E-state index in [1.165, 1.54) is 25.6 Å². The van der Waals surface area contributed by atoms with Gasteiger partial charge in [-0.2, -0.15) is 13.2 Å². The van der Waals surface area contributed by atoms with Gasteiger partial charge in [0.15, 0.2) is 0 Å². The molecule has 0 bridgehead atoms. The molecule has 1 aromatic heterocycles. The Morgan fingerprint density at radius 2 is 1.91 bits per heavy atom. The number of allylic oxidation sites excluding steroid dienone is 6. The van der Waals surface area contributed by atoms with Crippen molar-refractivity contribution in [1.82, 2.24) is 9.97 Å². The van der Waals surface area contributed by atoms with Crippen molar-refractivity contribution in [3.05, 3.63) is 58.3 Å². The molecule has 0 spiro atoms. The van der Waals surface area contributed by atoms with Crippen molar-refractivity contribution in [2.45, 2.75) is 84.2 Å². The second kappa shape index (κ2) is 9.96. The van der Waals surface area contributed by atoms with E-state index in [0.717, 1.165) is 48.3 Å². The number of halogens is 3. The highest BCUT2D eigenvalue weighted by molar-refractivity contribution is 5.74. The smallest absolute Gasteiger partial charge is 0.416 e. The molecule has 1 fully saturated rings. The van der Waals surface area contributed by atoms with Crippen LogP contribution in [0, 0.1) is 11.8 Å². The topological polar surface area (TPSA) is 61.0 Å². The highest BCUT2D eigenvalue weighted by Gasteiger charge is 2.37. The van der Waals surface area contributed by atoms with E-state index in [1.54, 1.807) is 6.08 Å². The molecule has 7 heteroatoms. The molecule has 2 unspecified atom stereocenters. The molecule has 1 aromatic rings. The van der Waals surface area contributed by atoms with Crippen LogP contribution in [0.3, 0.4) is 0 Å². The minimum atomic E-state index is -4.46. The molecule has 0 radical (unpaired) electrons. The van der Waals surface area contributed by atoms with Gasteiger partial charge in [0.25, 0.3) is 0 Å². The molecule has 3 aliphatic rings. The van der Waals surface area contributed by atoms with E-state index in [9.17, 15) is 13.2 Å². The number of anilines is 1. The van der Waals surface area contributed by atoms with Crippen molar-refractivity contribution >= 4 is 11.6 Å². The molecule has 0 aromatic carbocycles. The lowest BCUT2D eigenvalue weighted by Crippen LogP contribution is -2.29. The van der Waals surface area contributed by atoms with Gasteiger partial charge in [-0.25, -0.2) is 9.97 Å². The number of hydrogen-bond donors (Lipinski definition) is 1. The van der Waals surface area contributed by atoms with E-state index < -0.39 is 11.7 Å². The number of nitrogen functional groups attached to an aromatic ring is 1. The number of hydrogen-bond acceptors (Lipinski definition) is 4. The van der Waals surface area contributed by atoms with Gasteiger partial charge in [0.05, 0.1) is 16.8 Å². The van der Waals surface area contributed by atoms with Crippen molar-refractivity contribution < 1.29 is 17.9 Å². The Morgan fingerprint density at radius 1 is 1.15 bits per heavy atom. The average Bonchev–Trinajstić information content (AvgIpc) is 2.73. The number of fused-ring (bicyclic) bond motifs is 1. The molecule has 3 aliphatic carbocycles. The Morgan fingerprint density at radius 3 is 2.56 bits per heavy atom. The lowest BCUT2D eigenvalue weighted by Gasteiger charge is -2.39. The third kappa shape index (κ3) is 4.93. The fourth-order valence-corrected chi connectivity index (χ4v) is 5.40. The zero-order valence-electron chi connectivity index (χ0n) is 20.2. The zero-order chi connectivity index (χ0) is 24.5. The van der Waals surface area contributed by atoms with Crippen molar-refractivity contribution in [3.8, 4) is 0 Å². The highest BCUT2D eigenvalue weighted by Crippen LogP contribution is 2.48. The van der Waals surface area contributed by atoms with Gasteiger partial charge in [0.2, 0.25) is 0 Å². The Kier molecular flexibility index (Phi) is 7.20. The summed E-state index contributed by atoms with van der Waals surface area (Å²) in [5.74, 6) is 2.42. The van der Waals surface area contributed by atoms with Crippen LogP contribution in [-0.4, -0.2) is 16.1 Å². The number of nitrogens with two attached hydrogens (primary N) is 1. The fourth-order valence-electron chi connectivity index (χ4n) is 5.40. The second-order valence-electron chi connectivity index (χ2n) is 9.77. The third-order valence-electron chi connectivity index (χ3n) is 7.72. The summed E-state index contributed by atoms with van der Waals surface area (Å²) in [4.78, 5) is 8.90. The zero-order valence-corrected chi connectivity index (χ0v) is 20.2. The van der Waals surface area contributed by atoms with E-state index in [2.05, 4.69) is 23.8 Å². The SMILES string of the molecule is CC/C1=C(\OC2=C(\C)CC/C=C/C(C(F)(F)F)=C\2)c2c(N)ncnc2C(C)C(C2CCC2)CC1. The first-order valence-electron chi connectivity index (χ1n) is 12.4. The van der Waals surface area contributed by atoms with Crippen LogP contribution in [0.25, 0.3) is 5.76 Å². The summed E-state index contributed by atoms with van der Waals surface area (Å²) >= 11 is 0. The van der Waals surface area contributed by atoms with E-state index in [1.807, 2.05) is 6.92 Å². The number of nitrogens with zero attached hydrogens (tertiary/aromatic N) is 2. The molecule has 184 valence electrons. The lowest BCUT2D eigenvalue weighted by molar-refractivity contribution is -0.0884. The van der Waals surface area contributed by atoms with Crippen LogP contribution in [0.15, 0.2) is 47.0 Å². The first kappa shape index (κ1) is 24.6. The van der Waals surface area contributed by atoms with Gasteiger partial charge in [-0.1, -0.05) is 45.3 Å². The van der Waals surface area contributed by atoms with Crippen LogP contribution in [0.2, 0.25) is 0 Å². The minimum absolute atomic E-state index is 0.166. The van der Waals surface area contributed by atoms with Crippen LogP contribution >= 0.6 is 0 Å². The van der Waals surface area contributed by atoms with Crippen molar-refractivity contribution in [3.63, 3.8) is 0 Å². The van der Waals surface area contributed by atoms with Gasteiger partial charge in [0.1, 0.15) is 23.7 Å². The predicted molar refractivity (Wildman–Crippen MR) is 128 cm³/mol. The van der Waals surface area contributed by atoms with Gasteiger partial charge >= 0.3 is 6.18 Å². The summed E-state index contributed by atoms with van der Waals surface area (Å²) in [6.45, 7) is 6.07. The summed E-state index contributed by atoms with van der Waals surface area (Å²) in [7, 11) is 0. The maximum absolute atomic E-state index is 13.7. The number of aromatic nitrogens is 2. The largest absolute Gasteiger partial charge is 0.457 e. The summed E-state index contributed by atoms with van der Waals surface area (Å²) in [6.07, 6.45) is 8.29. The molecule has 0 aliphatic heterocycles. The van der Waals surface area contributed by atoms with Gasteiger partial charge in [-0.15, -0.1) is 0 Å². The molecule has 0 amide bonds. The quantitative estimate of drug-likeness (QED) is 0.488. The van der Waals surface area contributed by atoms with Gasteiger partial charge in [0, 0.05) is 5.92 Å². The summed E-state index contributed by atoms with van der Waals surface area (Å²) in [5, 5.41) is 0. The third-order valence-corrected chi connectivity index (χ3v) is 7.72. The molecule has 0 saturated heterocycles. The average molecular weight is 474 g/mol. The Hall–Kier alpha value is -2.57. The minimum Gasteiger partial charge on any atom is -0.457 e. The Balaban J connectivity index is 1.83. The first-order chi connectivity index (χ1) is 16.2. The van der Waals surface area contributed by atoms with E-state index >= 15 is 0 Å². The Bertz CT molecular complexity index is 1050. The number of alkyl halides is 3. The van der Waals surface area contributed by atoms with Crippen LogP contribution in [0.5, 0.6) is 0 Å². The molecule has 1 heterocycles. The van der Waals surface area contributed by atoms with Crippen LogP contribution < -0.4 is 5.73 Å². The van der Waals surface area contributed by atoms with Gasteiger partial charge in [-0.05, 0) is 68.1 Å². The predicted octanol–water partition coefficient (Wildman–Crippen LogP) is 7.62. The fraction of sp³-hybridized carbons (Fsp3) is 0.556. The molecule has 4 rings (SSSR count). The van der Waals surface area contributed by atoms with E-state index in [0.29, 0.717) is 41.8 Å². The maximum Gasteiger partial charge on any atom is 0.416 e. The molecular weight excluding hydrogens is 439 g/mol. The van der Waals surface area contributed by atoms with Crippen molar-refractivity contribution in [2.24, 2.45) is 11.8 Å². The molecule has 2 atom stereocenters. The summed E-state index contributed by atoms with van der Waals surface area (Å²) < 4.78 is 47.4. The standard InChI is InChI=1S/C27H34F3N3O/c1-4-18-12-13-21(19-9-7-10-19)17(3)24-23(26(31)33-15-32-24)25(18)34-22-14-20(27(28,29)30)11-6-5-8-16(22)2/h6,11,14-15,17,19,21H,4-5,7-10,12-13H2,1-3H3,(H2,31,32,33)/b11-6+,20-14+,22-16+,25-18+. The summed E-state index contributed by atoms with van der Waals surface area (Å²) in [5.41, 5.74) is 9.00. The van der Waals surface area contributed by atoms with Crippen molar-refractivity contribution in [2.75, 3.05) is 5.73 Å². The molecule has 1 saturated carbocycles. The van der Waals surface area contributed by atoms with Crippen LogP contribution in [-0.2, 0) is 4.74 Å². The maximum atomic E-state index is 13.7. The monoisotopic (exact) mass is 473 g/mol. The summed E-state index contributed by atoms with van der Waals surface area (Å²) in [6, 6.07) is 0. The first-order valence-corrected chi connectivity index (χ1v) is 12.4. The highest BCUT2D eigenvalue weighted by atomic mass is 19.4. The lowest BCUT2D eigenvalue weighted by atomic mass is 9.67. The molecule has 34 heavy (non-hydrogen) atoms. The van der Waals surface area contributed by atoms with Gasteiger partial charge < -0.3 is 10.5 Å². The number of rotatable bonds is 4. The normalized spacial score (nSPS) is 31.2. The molecule has 4 nitrogen and oxygen atoms in total. The van der Waals surface area contributed by atoms with Gasteiger partial charge in [-0.3, -0.25) is 0 Å². The number of ether oxygens (including phenoxy) is 1.